The number of hydrogen-bond acceptors (Lipinski definition) is 1. The van der Waals surface area contributed by atoms with Crippen LogP contribution in [0.2, 0.25) is 0 Å². The van der Waals surface area contributed by atoms with E-state index in [1.807, 2.05) is 18.2 Å². The van der Waals surface area contributed by atoms with Crippen LogP contribution in [0.3, 0.4) is 0 Å². The summed E-state index contributed by atoms with van der Waals surface area (Å²) in [5.41, 5.74) is 3.58. The molecule has 0 radical (unpaired) electrons. The highest BCUT2D eigenvalue weighted by Crippen LogP contribution is 2.23. The Labute approximate surface area is 107 Å². The molecular weight excluding hydrogens is 224 g/mol. The third-order valence-electron chi connectivity index (χ3n) is 3.02. The summed E-state index contributed by atoms with van der Waals surface area (Å²) in [6.45, 7) is 4.31. The molecule has 0 aliphatic heterocycles. The Morgan fingerprint density at radius 2 is 1.67 bits per heavy atom. The molecule has 0 atom stereocenters. The maximum absolute atomic E-state index is 10.9. The van der Waals surface area contributed by atoms with Crippen molar-refractivity contribution < 1.29 is 9.90 Å². The summed E-state index contributed by atoms with van der Waals surface area (Å²) in [6, 6.07) is 15.3. The number of carbonyl (C=O) groups is 1. The van der Waals surface area contributed by atoms with Crippen LogP contribution in [-0.2, 0) is 0 Å². The average molecular weight is 240 g/mol. The molecule has 2 rings (SSSR count). The minimum absolute atomic E-state index is 0.320. The van der Waals surface area contributed by atoms with Crippen molar-refractivity contribution in [2.45, 2.75) is 19.8 Å². The Morgan fingerprint density at radius 1 is 1.00 bits per heavy atom. The molecule has 0 fully saturated rings. The van der Waals surface area contributed by atoms with Crippen molar-refractivity contribution in [2.24, 2.45) is 0 Å². The van der Waals surface area contributed by atoms with E-state index < -0.39 is 5.97 Å². The van der Waals surface area contributed by atoms with E-state index in [0.717, 1.165) is 11.1 Å². The van der Waals surface area contributed by atoms with E-state index in [2.05, 4.69) is 26.0 Å². The van der Waals surface area contributed by atoms with Gasteiger partial charge in [0, 0.05) is 0 Å². The summed E-state index contributed by atoms with van der Waals surface area (Å²) in [5, 5.41) is 8.97. The van der Waals surface area contributed by atoms with E-state index in [0.29, 0.717) is 11.5 Å². The van der Waals surface area contributed by atoms with Gasteiger partial charge >= 0.3 is 5.97 Å². The number of benzene rings is 2. The maximum Gasteiger partial charge on any atom is 0.335 e. The van der Waals surface area contributed by atoms with E-state index in [-0.39, 0.29) is 0 Å². The molecule has 0 heterocycles. The second-order valence-corrected chi connectivity index (χ2v) is 4.66. The molecular formula is C16H16O2. The van der Waals surface area contributed by atoms with Crippen LogP contribution in [0.15, 0.2) is 48.5 Å². The summed E-state index contributed by atoms with van der Waals surface area (Å²) < 4.78 is 0. The predicted molar refractivity (Wildman–Crippen MR) is 72.9 cm³/mol. The van der Waals surface area contributed by atoms with Gasteiger partial charge in [-0.2, -0.15) is 0 Å². The van der Waals surface area contributed by atoms with Crippen molar-refractivity contribution in [1.82, 2.24) is 0 Å². The van der Waals surface area contributed by atoms with Gasteiger partial charge in [-0.3, -0.25) is 0 Å². The fourth-order valence-electron chi connectivity index (χ4n) is 1.89. The molecule has 0 unspecified atom stereocenters. The van der Waals surface area contributed by atoms with Gasteiger partial charge < -0.3 is 5.11 Å². The van der Waals surface area contributed by atoms with E-state index in [9.17, 15) is 4.79 Å². The number of carboxylic acids is 1. The first-order valence-corrected chi connectivity index (χ1v) is 6.01. The molecule has 0 aliphatic rings. The molecule has 0 amide bonds. The molecule has 2 aromatic rings. The zero-order valence-electron chi connectivity index (χ0n) is 10.6. The summed E-state index contributed by atoms with van der Waals surface area (Å²) >= 11 is 0. The Kier molecular flexibility index (Phi) is 3.47. The largest absolute Gasteiger partial charge is 0.478 e. The maximum atomic E-state index is 10.9. The molecule has 18 heavy (non-hydrogen) atoms. The van der Waals surface area contributed by atoms with Gasteiger partial charge in [0.2, 0.25) is 0 Å². The van der Waals surface area contributed by atoms with Crippen LogP contribution in [0, 0.1) is 0 Å². The molecule has 2 aromatic carbocycles. The first kappa shape index (κ1) is 12.4. The summed E-state index contributed by atoms with van der Waals surface area (Å²) in [6.07, 6.45) is 0. The molecule has 1 N–H and O–H groups in total. The van der Waals surface area contributed by atoms with E-state index >= 15 is 0 Å². The van der Waals surface area contributed by atoms with Gasteiger partial charge in [0.25, 0.3) is 0 Å². The Balaban J connectivity index is 2.36. The third kappa shape index (κ3) is 2.59. The standard InChI is InChI=1S/C16H16O2/c1-11(2)12-6-8-13(9-7-12)14-4-3-5-15(10-14)16(17)18/h3-11H,1-2H3,(H,17,18). The second-order valence-electron chi connectivity index (χ2n) is 4.66. The fraction of sp³-hybridized carbons (Fsp3) is 0.188. The molecule has 0 aliphatic carbocycles. The van der Waals surface area contributed by atoms with Gasteiger partial charge in [-0.05, 0) is 34.7 Å². The van der Waals surface area contributed by atoms with Gasteiger partial charge in [0.15, 0.2) is 0 Å². The molecule has 92 valence electrons. The van der Waals surface area contributed by atoms with Crippen molar-refractivity contribution >= 4 is 5.97 Å². The van der Waals surface area contributed by atoms with Crippen molar-refractivity contribution in [3.05, 3.63) is 59.7 Å². The molecule has 0 saturated heterocycles. The van der Waals surface area contributed by atoms with E-state index in [1.54, 1.807) is 18.2 Å². The summed E-state index contributed by atoms with van der Waals surface area (Å²) in [7, 11) is 0. The Hall–Kier alpha value is -2.09. The molecule has 0 aromatic heterocycles. The van der Waals surface area contributed by atoms with Gasteiger partial charge in [-0.15, -0.1) is 0 Å². The Morgan fingerprint density at radius 3 is 2.22 bits per heavy atom. The molecule has 0 saturated carbocycles. The van der Waals surface area contributed by atoms with Crippen LogP contribution in [0.4, 0.5) is 0 Å². The van der Waals surface area contributed by atoms with E-state index in [1.165, 1.54) is 5.56 Å². The molecule has 0 bridgehead atoms. The number of hydrogen-bond donors (Lipinski definition) is 1. The Bertz CT molecular complexity index is 554. The molecule has 2 nitrogen and oxygen atoms in total. The first-order valence-electron chi connectivity index (χ1n) is 6.01. The monoisotopic (exact) mass is 240 g/mol. The van der Waals surface area contributed by atoms with Crippen molar-refractivity contribution in [1.29, 1.82) is 0 Å². The average Bonchev–Trinajstić information content (AvgIpc) is 2.39. The van der Waals surface area contributed by atoms with Gasteiger partial charge in [-0.1, -0.05) is 50.2 Å². The number of aromatic carboxylic acids is 1. The highest BCUT2D eigenvalue weighted by atomic mass is 16.4. The highest BCUT2D eigenvalue weighted by Gasteiger charge is 2.05. The SMILES string of the molecule is CC(C)c1ccc(-c2cccc(C(=O)O)c2)cc1. The van der Waals surface area contributed by atoms with Crippen LogP contribution in [0.5, 0.6) is 0 Å². The predicted octanol–water partition coefficient (Wildman–Crippen LogP) is 4.18. The number of carboxylic acid groups (broad SMARTS) is 1. The zero-order chi connectivity index (χ0) is 13.1. The lowest BCUT2D eigenvalue weighted by molar-refractivity contribution is 0.0697. The van der Waals surface area contributed by atoms with Crippen LogP contribution in [0.1, 0.15) is 35.7 Å². The fourth-order valence-corrected chi connectivity index (χ4v) is 1.89. The normalized spacial score (nSPS) is 10.6. The van der Waals surface area contributed by atoms with Gasteiger partial charge in [0.05, 0.1) is 5.56 Å². The third-order valence-corrected chi connectivity index (χ3v) is 3.02. The second kappa shape index (κ2) is 5.05. The van der Waals surface area contributed by atoms with E-state index in [4.69, 9.17) is 5.11 Å². The first-order chi connectivity index (χ1) is 8.58. The topological polar surface area (TPSA) is 37.3 Å². The summed E-state index contributed by atoms with van der Waals surface area (Å²) in [4.78, 5) is 10.9. The lowest BCUT2D eigenvalue weighted by Crippen LogP contribution is -1.95. The van der Waals surface area contributed by atoms with Crippen LogP contribution < -0.4 is 0 Å². The molecule has 0 spiro atoms. The lowest BCUT2D eigenvalue weighted by atomic mass is 9.98. The molecule has 2 heteroatoms. The quantitative estimate of drug-likeness (QED) is 0.874. The minimum atomic E-state index is -0.893. The highest BCUT2D eigenvalue weighted by molar-refractivity contribution is 5.89. The zero-order valence-corrected chi connectivity index (χ0v) is 10.6. The summed E-state index contributed by atoms with van der Waals surface area (Å²) in [5.74, 6) is -0.389. The van der Waals surface area contributed by atoms with Gasteiger partial charge in [-0.25, -0.2) is 4.79 Å². The smallest absolute Gasteiger partial charge is 0.335 e. The van der Waals surface area contributed by atoms with Gasteiger partial charge in [0.1, 0.15) is 0 Å². The van der Waals surface area contributed by atoms with Crippen LogP contribution >= 0.6 is 0 Å². The van der Waals surface area contributed by atoms with Crippen molar-refractivity contribution in [3.63, 3.8) is 0 Å². The van der Waals surface area contributed by atoms with Crippen molar-refractivity contribution in [3.8, 4) is 11.1 Å². The lowest BCUT2D eigenvalue weighted by Gasteiger charge is -2.07. The van der Waals surface area contributed by atoms with Crippen LogP contribution in [0.25, 0.3) is 11.1 Å². The number of rotatable bonds is 3. The van der Waals surface area contributed by atoms with Crippen molar-refractivity contribution in [2.75, 3.05) is 0 Å². The van der Waals surface area contributed by atoms with Crippen LogP contribution in [-0.4, -0.2) is 11.1 Å². The minimum Gasteiger partial charge on any atom is -0.478 e.